The van der Waals surface area contributed by atoms with Gasteiger partial charge in [-0.3, -0.25) is 4.99 Å². The van der Waals surface area contributed by atoms with Gasteiger partial charge in [0.2, 0.25) is 0 Å². The summed E-state index contributed by atoms with van der Waals surface area (Å²) in [6.07, 6.45) is 6.00. The molecule has 2 rings (SSSR count). The third-order valence-corrected chi connectivity index (χ3v) is 4.54. The quantitative estimate of drug-likeness (QED) is 0.530. The van der Waals surface area contributed by atoms with Gasteiger partial charge in [0.15, 0.2) is 5.96 Å². The molecule has 1 aromatic carbocycles. The highest BCUT2D eigenvalue weighted by Crippen LogP contribution is 2.28. The zero-order valence-electron chi connectivity index (χ0n) is 15.0. The van der Waals surface area contributed by atoms with E-state index in [4.69, 9.17) is 4.74 Å². The maximum atomic E-state index is 10.6. The van der Waals surface area contributed by atoms with Crippen molar-refractivity contribution in [2.24, 2.45) is 4.99 Å². The molecular formula is C19H31N3O2. The average molecular weight is 333 g/mol. The Hall–Kier alpha value is -1.75. The van der Waals surface area contributed by atoms with Crippen molar-refractivity contribution < 1.29 is 9.84 Å². The van der Waals surface area contributed by atoms with Crippen molar-refractivity contribution in [3.8, 4) is 5.75 Å². The maximum Gasteiger partial charge on any atom is 0.191 e. The molecule has 0 radical (unpaired) electrons. The van der Waals surface area contributed by atoms with Crippen LogP contribution in [0.5, 0.6) is 5.75 Å². The predicted octanol–water partition coefficient (Wildman–Crippen LogP) is 2.49. The first kappa shape index (κ1) is 18.6. The Kier molecular flexibility index (Phi) is 7.37. The first-order valence-electron chi connectivity index (χ1n) is 9.03. The fourth-order valence-corrected chi connectivity index (χ4v) is 3.16. The number of para-hydroxylation sites is 1. The molecule has 0 heterocycles. The summed E-state index contributed by atoms with van der Waals surface area (Å²) in [7, 11) is 1.70. The van der Waals surface area contributed by atoms with Crippen molar-refractivity contribution in [3.05, 3.63) is 29.8 Å². The summed E-state index contributed by atoms with van der Waals surface area (Å²) in [6.45, 7) is 4.09. The van der Waals surface area contributed by atoms with E-state index in [1.807, 2.05) is 25.1 Å². The first-order valence-corrected chi connectivity index (χ1v) is 9.03. The highest BCUT2D eigenvalue weighted by Gasteiger charge is 2.28. The van der Waals surface area contributed by atoms with Crippen LogP contribution in [0.3, 0.4) is 0 Å². The first-order chi connectivity index (χ1) is 11.7. The van der Waals surface area contributed by atoms with Gasteiger partial charge in [0.25, 0.3) is 0 Å². The summed E-state index contributed by atoms with van der Waals surface area (Å²) in [5, 5.41) is 17.2. The largest absolute Gasteiger partial charge is 0.496 e. The Morgan fingerprint density at radius 3 is 2.67 bits per heavy atom. The molecule has 1 aromatic rings. The smallest absolute Gasteiger partial charge is 0.191 e. The van der Waals surface area contributed by atoms with Crippen molar-refractivity contribution >= 4 is 5.96 Å². The second-order valence-electron chi connectivity index (χ2n) is 6.47. The van der Waals surface area contributed by atoms with Gasteiger partial charge in [-0.25, -0.2) is 0 Å². The molecule has 0 atom stereocenters. The number of hydrogen-bond donors (Lipinski definition) is 3. The van der Waals surface area contributed by atoms with Crippen molar-refractivity contribution in [2.75, 3.05) is 26.7 Å². The molecule has 1 aliphatic rings. The molecule has 1 fully saturated rings. The van der Waals surface area contributed by atoms with Crippen molar-refractivity contribution in [3.63, 3.8) is 0 Å². The molecule has 0 bridgehead atoms. The van der Waals surface area contributed by atoms with Crippen molar-refractivity contribution in [1.29, 1.82) is 0 Å². The van der Waals surface area contributed by atoms with E-state index in [1.54, 1.807) is 7.11 Å². The van der Waals surface area contributed by atoms with E-state index in [0.29, 0.717) is 6.54 Å². The fourth-order valence-electron chi connectivity index (χ4n) is 3.16. The number of hydrogen-bond acceptors (Lipinski definition) is 3. The van der Waals surface area contributed by atoms with Gasteiger partial charge < -0.3 is 20.5 Å². The van der Waals surface area contributed by atoms with E-state index >= 15 is 0 Å². The summed E-state index contributed by atoms with van der Waals surface area (Å²) >= 11 is 0. The van der Waals surface area contributed by atoms with E-state index in [1.165, 1.54) is 12.0 Å². The summed E-state index contributed by atoms with van der Waals surface area (Å²) in [4.78, 5) is 4.60. The number of aliphatic imine (C=N–C) groups is 1. The lowest BCUT2D eigenvalue weighted by Gasteiger charge is -2.30. The average Bonchev–Trinajstić information content (AvgIpc) is 2.61. The Morgan fingerprint density at radius 1 is 1.21 bits per heavy atom. The minimum Gasteiger partial charge on any atom is -0.496 e. The third kappa shape index (κ3) is 5.71. The Balaban J connectivity index is 1.87. The second kappa shape index (κ2) is 9.52. The van der Waals surface area contributed by atoms with Crippen LogP contribution >= 0.6 is 0 Å². The van der Waals surface area contributed by atoms with Crippen LogP contribution in [0.25, 0.3) is 0 Å². The molecular weight excluding hydrogens is 302 g/mol. The molecule has 1 aliphatic carbocycles. The summed E-state index contributed by atoms with van der Waals surface area (Å²) in [6, 6.07) is 8.06. The number of nitrogens with zero attached hydrogens (tertiary/aromatic N) is 1. The molecule has 5 heteroatoms. The summed E-state index contributed by atoms with van der Waals surface area (Å²) < 4.78 is 5.38. The minimum absolute atomic E-state index is 0.469. The van der Waals surface area contributed by atoms with Gasteiger partial charge in [-0.15, -0.1) is 0 Å². The van der Waals surface area contributed by atoms with E-state index in [9.17, 15) is 5.11 Å². The zero-order chi connectivity index (χ0) is 17.3. The van der Waals surface area contributed by atoms with Crippen LogP contribution in [-0.2, 0) is 6.42 Å². The molecule has 0 unspecified atom stereocenters. The van der Waals surface area contributed by atoms with Gasteiger partial charge in [-0.05, 0) is 37.8 Å². The minimum atomic E-state index is -0.622. The van der Waals surface area contributed by atoms with Crippen LogP contribution in [0.1, 0.15) is 44.6 Å². The van der Waals surface area contributed by atoms with Crippen LogP contribution in [-0.4, -0.2) is 43.4 Å². The molecule has 0 aromatic heterocycles. The summed E-state index contributed by atoms with van der Waals surface area (Å²) in [5.74, 6) is 1.68. The van der Waals surface area contributed by atoms with Crippen LogP contribution < -0.4 is 15.4 Å². The number of guanidine groups is 1. The normalized spacial score (nSPS) is 17.4. The topological polar surface area (TPSA) is 65.9 Å². The number of methoxy groups -OCH3 is 1. The molecule has 0 spiro atoms. The third-order valence-electron chi connectivity index (χ3n) is 4.54. The Morgan fingerprint density at radius 2 is 1.96 bits per heavy atom. The van der Waals surface area contributed by atoms with Crippen LogP contribution in [0, 0.1) is 0 Å². The van der Waals surface area contributed by atoms with E-state index < -0.39 is 5.60 Å². The number of benzene rings is 1. The van der Waals surface area contributed by atoms with Crippen LogP contribution in [0.4, 0.5) is 0 Å². The number of aliphatic hydroxyl groups is 1. The molecule has 1 saturated carbocycles. The fraction of sp³-hybridized carbons (Fsp3) is 0.632. The van der Waals surface area contributed by atoms with Crippen LogP contribution in [0.15, 0.2) is 29.3 Å². The second-order valence-corrected chi connectivity index (χ2v) is 6.47. The van der Waals surface area contributed by atoms with E-state index in [2.05, 4.69) is 21.7 Å². The monoisotopic (exact) mass is 333 g/mol. The molecule has 5 nitrogen and oxygen atoms in total. The van der Waals surface area contributed by atoms with Gasteiger partial charge >= 0.3 is 0 Å². The lowest BCUT2D eigenvalue weighted by Crippen LogP contribution is -2.41. The molecule has 3 N–H and O–H groups in total. The number of rotatable bonds is 7. The van der Waals surface area contributed by atoms with Gasteiger partial charge in [0.05, 0.1) is 19.3 Å². The molecule has 0 amide bonds. The maximum absolute atomic E-state index is 10.6. The molecule has 0 aliphatic heterocycles. The standard InChI is InChI=1S/C19H31N3O2/c1-3-20-18(22-15-19(23)12-7-4-8-13-19)21-14-11-16-9-5-6-10-17(16)24-2/h5-6,9-10,23H,3-4,7-8,11-15H2,1-2H3,(H2,20,21,22). The van der Waals surface area contributed by atoms with Crippen LogP contribution in [0.2, 0.25) is 0 Å². The predicted molar refractivity (Wildman–Crippen MR) is 98.7 cm³/mol. The Bertz CT molecular complexity index is 525. The van der Waals surface area contributed by atoms with Crippen molar-refractivity contribution in [2.45, 2.75) is 51.0 Å². The van der Waals surface area contributed by atoms with Crippen molar-refractivity contribution in [1.82, 2.24) is 10.6 Å². The van der Waals surface area contributed by atoms with Gasteiger partial charge in [-0.2, -0.15) is 0 Å². The molecule has 134 valence electrons. The lowest BCUT2D eigenvalue weighted by molar-refractivity contribution is 0.0131. The number of nitrogens with one attached hydrogen (secondary N) is 2. The van der Waals surface area contributed by atoms with E-state index in [0.717, 1.165) is 56.9 Å². The van der Waals surface area contributed by atoms with E-state index in [-0.39, 0.29) is 0 Å². The molecule has 24 heavy (non-hydrogen) atoms. The zero-order valence-corrected chi connectivity index (χ0v) is 15.0. The number of ether oxygens (including phenoxy) is 1. The highest BCUT2D eigenvalue weighted by atomic mass is 16.5. The Labute approximate surface area is 145 Å². The van der Waals surface area contributed by atoms with Gasteiger partial charge in [-0.1, -0.05) is 37.5 Å². The highest BCUT2D eigenvalue weighted by molar-refractivity contribution is 5.79. The lowest BCUT2D eigenvalue weighted by atomic mass is 9.85. The van der Waals surface area contributed by atoms with Gasteiger partial charge in [0, 0.05) is 13.1 Å². The summed E-state index contributed by atoms with van der Waals surface area (Å²) in [5.41, 5.74) is 0.553. The SMILES string of the molecule is CCNC(=NCC1(O)CCCCC1)NCCc1ccccc1OC. The van der Waals surface area contributed by atoms with Gasteiger partial charge in [0.1, 0.15) is 5.75 Å². The molecule has 0 saturated heterocycles.